The van der Waals surface area contributed by atoms with Gasteiger partial charge in [-0.1, -0.05) is 19.6 Å². The Kier molecular flexibility index (Phi) is 9.03. The number of carbonyl (C=O) groups is 2. The topological polar surface area (TPSA) is 91.1 Å². The number of hydrogen-bond donors (Lipinski definition) is 1. The van der Waals surface area contributed by atoms with Gasteiger partial charge in [0.05, 0.1) is 17.9 Å². The highest BCUT2D eigenvalue weighted by molar-refractivity contribution is 6.76. The maximum Gasteiger partial charge on any atom is 0.407 e. The van der Waals surface area contributed by atoms with E-state index in [-0.39, 0.29) is 24.4 Å². The van der Waals surface area contributed by atoms with Crippen LogP contribution in [0.5, 0.6) is 0 Å². The van der Waals surface area contributed by atoms with Crippen LogP contribution in [0.3, 0.4) is 0 Å². The highest BCUT2D eigenvalue weighted by Gasteiger charge is 2.38. The molecule has 40 heavy (non-hydrogen) atoms. The van der Waals surface area contributed by atoms with Gasteiger partial charge in [0.1, 0.15) is 18.9 Å². The lowest BCUT2D eigenvalue weighted by molar-refractivity contribution is -0.143. The summed E-state index contributed by atoms with van der Waals surface area (Å²) in [6.07, 6.45) is 0.0553. The van der Waals surface area contributed by atoms with Gasteiger partial charge in [-0.2, -0.15) is 13.2 Å². The molecule has 9 nitrogen and oxygen atoms in total. The molecule has 0 spiro atoms. The molecule has 1 aliphatic carbocycles. The van der Waals surface area contributed by atoms with Gasteiger partial charge in [-0.25, -0.2) is 9.78 Å². The molecular weight excluding hydrogens is 543 g/mol. The molecule has 222 valence electrons. The van der Waals surface area contributed by atoms with Crippen molar-refractivity contribution in [3.05, 3.63) is 24.0 Å². The van der Waals surface area contributed by atoms with Crippen molar-refractivity contribution in [2.75, 3.05) is 37.8 Å². The summed E-state index contributed by atoms with van der Waals surface area (Å²) in [6, 6.07) is 3.10. The van der Waals surface area contributed by atoms with Crippen molar-refractivity contribution in [3.63, 3.8) is 0 Å². The van der Waals surface area contributed by atoms with Crippen LogP contribution >= 0.6 is 0 Å². The molecule has 0 aromatic carbocycles. The summed E-state index contributed by atoms with van der Waals surface area (Å²) in [5.41, 5.74) is 2.13. The summed E-state index contributed by atoms with van der Waals surface area (Å²) in [5, 5.41) is 10.2. The number of halogens is 3. The van der Waals surface area contributed by atoms with Crippen LogP contribution in [0, 0.1) is 5.92 Å². The van der Waals surface area contributed by atoms with Crippen molar-refractivity contribution in [1.82, 2.24) is 19.4 Å². The second-order valence-electron chi connectivity index (χ2n) is 12.1. The zero-order chi connectivity index (χ0) is 29.2. The summed E-state index contributed by atoms with van der Waals surface area (Å²) in [4.78, 5) is 33.8. The van der Waals surface area contributed by atoms with Crippen molar-refractivity contribution in [3.8, 4) is 0 Å². The summed E-state index contributed by atoms with van der Waals surface area (Å²) >= 11 is 0. The van der Waals surface area contributed by atoms with Crippen molar-refractivity contribution in [1.29, 1.82) is 0 Å². The number of alkyl halides is 3. The van der Waals surface area contributed by atoms with Crippen LogP contribution in [0.1, 0.15) is 43.0 Å². The standard InChI is InChI=1S/C27H40F3N5O4Si/c1-5-32-17-35(20-8-6-19(7-9-20)15-34(26(37)38)16-27(28,29)30)23-21-10-11-33(18-39-12-13-40(2,3)4)24(21)31-14-22(23)25(32)36/h10-11,14,19-20H,5-9,12-13,15-18H2,1-4H3,(H,37,38). The van der Waals surface area contributed by atoms with Gasteiger partial charge in [-0.05, 0) is 50.6 Å². The molecule has 1 N–H and O–H groups in total. The summed E-state index contributed by atoms with van der Waals surface area (Å²) in [6.45, 7) is 9.27. The molecule has 0 bridgehead atoms. The lowest BCUT2D eigenvalue weighted by Gasteiger charge is -2.45. The van der Waals surface area contributed by atoms with Gasteiger partial charge >= 0.3 is 12.3 Å². The fourth-order valence-electron chi connectivity index (χ4n) is 5.64. The zero-order valence-corrected chi connectivity index (χ0v) is 24.7. The molecule has 3 heterocycles. The third-order valence-electron chi connectivity index (χ3n) is 7.87. The number of aromatic nitrogens is 2. The number of carboxylic acid groups (broad SMARTS) is 1. The van der Waals surface area contributed by atoms with Gasteiger partial charge in [-0.15, -0.1) is 0 Å². The van der Waals surface area contributed by atoms with Gasteiger partial charge in [0.25, 0.3) is 5.91 Å². The number of anilines is 1. The largest absolute Gasteiger partial charge is 0.465 e. The zero-order valence-electron chi connectivity index (χ0n) is 23.7. The van der Waals surface area contributed by atoms with E-state index in [1.165, 1.54) is 0 Å². The number of nitrogens with zero attached hydrogens (tertiary/aromatic N) is 5. The van der Waals surface area contributed by atoms with Crippen molar-refractivity contribution in [2.24, 2.45) is 5.92 Å². The Labute approximate surface area is 233 Å². The highest BCUT2D eigenvalue weighted by atomic mass is 28.3. The smallest absolute Gasteiger partial charge is 0.407 e. The predicted molar refractivity (Wildman–Crippen MR) is 149 cm³/mol. The maximum atomic E-state index is 13.3. The van der Waals surface area contributed by atoms with E-state index in [0.29, 0.717) is 62.7 Å². The minimum absolute atomic E-state index is 0.0692. The Balaban J connectivity index is 1.52. The van der Waals surface area contributed by atoms with E-state index in [1.54, 1.807) is 11.1 Å². The molecule has 2 aliphatic rings. The number of amides is 2. The molecule has 0 unspecified atom stereocenters. The molecule has 0 saturated heterocycles. The molecule has 13 heteroatoms. The van der Waals surface area contributed by atoms with E-state index in [0.717, 1.165) is 22.8 Å². The summed E-state index contributed by atoms with van der Waals surface area (Å²) < 4.78 is 46.5. The first kappa shape index (κ1) is 30.2. The van der Waals surface area contributed by atoms with Crippen molar-refractivity contribution < 1.29 is 32.6 Å². The number of rotatable bonds is 10. The molecule has 2 amide bonds. The number of fused-ring (bicyclic) bond motifs is 3. The Morgan fingerprint density at radius 2 is 1.93 bits per heavy atom. The van der Waals surface area contributed by atoms with Crippen LogP contribution < -0.4 is 4.90 Å². The lowest BCUT2D eigenvalue weighted by atomic mass is 9.84. The molecule has 1 fully saturated rings. The van der Waals surface area contributed by atoms with E-state index in [9.17, 15) is 27.9 Å². The fourth-order valence-corrected chi connectivity index (χ4v) is 6.40. The van der Waals surface area contributed by atoms with Crippen LogP contribution in [0.25, 0.3) is 11.0 Å². The summed E-state index contributed by atoms with van der Waals surface area (Å²) in [5.74, 6) is -0.213. The quantitative estimate of drug-likeness (QED) is 0.286. The lowest BCUT2D eigenvalue weighted by Crippen LogP contribution is -2.52. The fraction of sp³-hybridized carbons (Fsp3) is 0.667. The van der Waals surface area contributed by atoms with E-state index in [1.807, 2.05) is 23.8 Å². The Morgan fingerprint density at radius 1 is 1.23 bits per heavy atom. The van der Waals surface area contributed by atoms with Crippen LogP contribution in [0.2, 0.25) is 25.7 Å². The third kappa shape index (κ3) is 7.09. The second-order valence-corrected chi connectivity index (χ2v) is 17.7. The normalized spacial score (nSPS) is 20.2. The molecule has 0 radical (unpaired) electrons. The van der Waals surface area contributed by atoms with E-state index in [4.69, 9.17) is 4.74 Å². The number of carbonyl (C=O) groups excluding carboxylic acids is 1. The monoisotopic (exact) mass is 583 g/mol. The predicted octanol–water partition coefficient (Wildman–Crippen LogP) is 5.69. The molecular formula is C27H40F3N5O4Si. The molecule has 4 rings (SSSR count). The second kappa shape index (κ2) is 12.0. The molecule has 1 aliphatic heterocycles. The third-order valence-corrected chi connectivity index (χ3v) is 9.58. The average Bonchev–Trinajstić information content (AvgIpc) is 3.29. The first-order valence-electron chi connectivity index (χ1n) is 13.9. The maximum absolute atomic E-state index is 13.3. The Hall–Kier alpha value is -2.80. The van der Waals surface area contributed by atoms with Gasteiger partial charge in [-0.3, -0.25) is 9.69 Å². The van der Waals surface area contributed by atoms with Gasteiger partial charge in [0, 0.05) is 51.6 Å². The van der Waals surface area contributed by atoms with Crippen molar-refractivity contribution >= 4 is 36.8 Å². The van der Waals surface area contributed by atoms with Gasteiger partial charge < -0.3 is 24.2 Å². The molecule has 2 aromatic rings. The number of pyridine rings is 1. The highest BCUT2D eigenvalue weighted by Crippen LogP contribution is 2.39. The van der Waals surface area contributed by atoms with Crippen LogP contribution in [0.4, 0.5) is 23.7 Å². The SMILES string of the molecule is CCN1CN(C2CCC(CN(CC(F)(F)F)C(=O)O)CC2)c2c(cnc3c2ccn3COCC[Si](C)(C)C)C1=O. The van der Waals surface area contributed by atoms with Crippen LogP contribution in [-0.4, -0.2) is 89.7 Å². The van der Waals surface area contributed by atoms with Gasteiger partial charge in [0.2, 0.25) is 0 Å². The first-order valence-corrected chi connectivity index (χ1v) is 17.6. The number of ether oxygens (including phenoxy) is 1. The van der Waals surface area contributed by atoms with Gasteiger partial charge in [0.15, 0.2) is 0 Å². The van der Waals surface area contributed by atoms with Crippen molar-refractivity contribution in [2.45, 2.75) is 77.2 Å². The number of hydrogen-bond acceptors (Lipinski definition) is 5. The van der Waals surface area contributed by atoms with E-state index >= 15 is 0 Å². The Morgan fingerprint density at radius 3 is 2.52 bits per heavy atom. The van der Waals surface area contributed by atoms with E-state index in [2.05, 4.69) is 29.5 Å². The van der Waals surface area contributed by atoms with E-state index < -0.39 is 26.9 Å². The summed E-state index contributed by atoms with van der Waals surface area (Å²) in [7, 11) is -1.21. The molecule has 2 aromatic heterocycles. The van der Waals surface area contributed by atoms with Crippen LogP contribution in [-0.2, 0) is 11.5 Å². The average molecular weight is 584 g/mol. The molecule has 0 atom stereocenters. The van der Waals surface area contributed by atoms with Crippen LogP contribution in [0.15, 0.2) is 18.5 Å². The minimum Gasteiger partial charge on any atom is -0.465 e. The minimum atomic E-state index is -4.57. The first-order chi connectivity index (χ1) is 18.8. The Bertz CT molecular complexity index is 1210. The molecule has 1 saturated carbocycles.